The summed E-state index contributed by atoms with van der Waals surface area (Å²) in [5.74, 6) is -0.952. The molecule has 0 unspecified atom stereocenters. The number of methoxy groups -OCH3 is 1. The predicted molar refractivity (Wildman–Crippen MR) is 111 cm³/mol. The number of nitrogens with zero attached hydrogens (tertiary/aromatic N) is 3. The van der Waals surface area contributed by atoms with Crippen LogP contribution in [-0.4, -0.2) is 34.0 Å². The summed E-state index contributed by atoms with van der Waals surface area (Å²) in [7, 11) is 1.57. The summed E-state index contributed by atoms with van der Waals surface area (Å²) in [6, 6.07) is 14.6. The van der Waals surface area contributed by atoms with Crippen molar-refractivity contribution in [2.45, 2.75) is 6.54 Å². The molecular formula is C22H19FN4O3. The van der Waals surface area contributed by atoms with Crippen LogP contribution >= 0.6 is 0 Å². The molecule has 0 radical (unpaired) electrons. The van der Waals surface area contributed by atoms with E-state index in [1.54, 1.807) is 54.4 Å². The first-order valence-corrected chi connectivity index (χ1v) is 9.31. The van der Waals surface area contributed by atoms with Crippen LogP contribution in [0, 0.1) is 5.82 Å². The molecule has 152 valence electrons. The van der Waals surface area contributed by atoms with E-state index in [2.05, 4.69) is 10.4 Å². The molecule has 2 aliphatic rings. The third kappa shape index (κ3) is 3.85. The van der Waals surface area contributed by atoms with E-state index in [0.29, 0.717) is 30.1 Å². The van der Waals surface area contributed by atoms with E-state index in [0.717, 1.165) is 0 Å². The Hall–Kier alpha value is -3.78. The van der Waals surface area contributed by atoms with Crippen LogP contribution in [0.3, 0.4) is 0 Å². The number of amides is 1. The van der Waals surface area contributed by atoms with E-state index in [9.17, 15) is 14.0 Å². The number of rotatable bonds is 6. The molecule has 2 aromatic rings. The minimum atomic E-state index is -0.491. The fourth-order valence-corrected chi connectivity index (χ4v) is 3.16. The first-order valence-electron chi connectivity index (χ1n) is 9.31. The van der Waals surface area contributed by atoms with Crippen LogP contribution < -0.4 is 10.9 Å². The molecule has 8 heteroatoms. The van der Waals surface area contributed by atoms with Crippen LogP contribution in [-0.2, 0) is 11.3 Å². The lowest BCUT2D eigenvalue weighted by Gasteiger charge is -2.12. The maximum Gasteiger partial charge on any atom is 0.282 e. The molecule has 7 nitrogen and oxygen atoms in total. The van der Waals surface area contributed by atoms with Gasteiger partial charge in [-0.2, -0.15) is 9.78 Å². The molecule has 0 aliphatic carbocycles. The molecular weight excluding hydrogens is 387 g/mol. The molecule has 2 aliphatic heterocycles. The monoisotopic (exact) mass is 406 g/mol. The average Bonchev–Trinajstić information content (AvgIpc) is 3.09. The number of halogens is 1. The number of carbonyl (C=O) groups excluding carboxylic acids is 1. The Balaban J connectivity index is 1.82. The zero-order chi connectivity index (χ0) is 21.1. The van der Waals surface area contributed by atoms with Gasteiger partial charge in [-0.25, -0.2) is 4.39 Å². The lowest BCUT2D eigenvalue weighted by Crippen LogP contribution is -2.18. The molecule has 0 saturated heterocycles. The van der Waals surface area contributed by atoms with Crippen molar-refractivity contribution in [2.75, 3.05) is 19.0 Å². The second kappa shape index (κ2) is 8.30. The van der Waals surface area contributed by atoms with E-state index in [4.69, 9.17) is 4.74 Å². The van der Waals surface area contributed by atoms with Crippen molar-refractivity contribution in [3.05, 3.63) is 88.7 Å². The maximum atomic E-state index is 13.5. The van der Waals surface area contributed by atoms with Crippen molar-refractivity contribution in [1.82, 2.24) is 14.3 Å². The maximum absolute atomic E-state index is 13.5. The third-order valence-electron chi connectivity index (χ3n) is 4.60. The smallest absolute Gasteiger partial charge is 0.282 e. The summed E-state index contributed by atoms with van der Waals surface area (Å²) in [5, 5.41) is 7.08. The number of aromatic nitrogens is 3. The zero-order valence-electron chi connectivity index (χ0n) is 16.2. The predicted octanol–water partition coefficient (Wildman–Crippen LogP) is 3.18. The molecule has 1 N–H and O–H groups in total. The Labute approximate surface area is 171 Å². The van der Waals surface area contributed by atoms with Gasteiger partial charge in [0.2, 0.25) is 0 Å². The molecule has 4 rings (SSSR count). The second-order valence-electron chi connectivity index (χ2n) is 6.68. The molecule has 30 heavy (non-hydrogen) atoms. The van der Waals surface area contributed by atoms with Gasteiger partial charge in [0.1, 0.15) is 11.5 Å². The highest BCUT2D eigenvalue weighted by atomic mass is 19.1. The first-order chi connectivity index (χ1) is 14.6. The molecule has 0 atom stereocenters. The third-order valence-corrected chi connectivity index (χ3v) is 4.60. The van der Waals surface area contributed by atoms with Gasteiger partial charge in [-0.3, -0.25) is 9.59 Å². The summed E-state index contributed by atoms with van der Waals surface area (Å²) in [4.78, 5) is 26.0. The van der Waals surface area contributed by atoms with Gasteiger partial charge in [0.15, 0.2) is 0 Å². The number of pyridine rings is 1. The van der Waals surface area contributed by atoms with Crippen LogP contribution in [0.2, 0.25) is 0 Å². The topological polar surface area (TPSA) is 78.2 Å². The zero-order valence-corrected chi connectivity index (χ0v) is 16.2. The van der Waals surface area contributed by atoms with Gasteiger partial charge in [-0.1, -0.05) is 24.3 Å². The fraction of sp³-hybridized carbons (Fsp3) is 0.136. The number of nitrogens with one attached hydrogen (secondary N) is 1. The number of hydrogen-bond donors (Lipinski definition) is 1. The highest BCUT2D eigenvalue weighted by molar-refractivity contribution is 6.08. The fourth-order valence-electron chi connectivity index (χ4n) is 3.16. The number of anilines is 1. The number of carbonyl (C=O) groups is 1. The summed E-state index contributed by atoms with van der Waals surface area (Å²) in [6.45, 7) is 0.852. The van der Waals surface area contributed by atoms with Crippen LogP contribution in [0.25, 0.3) is 16.9 Å². The van der Waals surface area contributed by atoms with E-state index in [-0.39, 0.29) is 16.8 Å². The second-order valence-corrected chi connectivity index (χ2v) is 6.68. The summed E-state index contributed by atoms with van der Waals surface area (Å²) >= 11 is 0. The van der Waals surface area contributed by atoms with Crippen LogP contribution in [0.4, 0.5) is 10.1 Å². The van der Waals surface area contributed by atoms with E-state index in [1.165, 1.54) is 22.9 Å². The molecule has 0 fully saturated rings. The highest BCUT2D eigenvalue weighted by Gasteiger charge is 2.24. The van der Waals surface area contributed by atoms with Crippen LogP contribution in [0.5, 0.6) is 0 Å². The van der Waals surface area contributed by atoms with Gasteiger partial charge in [0, 0.05) is 31.7 Å². The first kappa shape index (κ1) is 19.5. The standard InChI is InChI=1S/C22H19FN4O3/c1-30-11-10-26-13-18(21(28)24-16-7-5-6-15(23)12-16)20-19(14-26)22(29)27(25-20)17-8-3-2-4-9-17/h2-9,12-14H,10-11H2,1H3,(H,24,28). The molecule has 1 amide bonds. The van der Waals surface area contributed by atoms with Gasteiger partial charge in [-0.05, 0) is 30.3 Å². The highest BCUT2D eigenvalue weighted by Crippen LogP contribution is 2.23. The van der Waals surface area contributed by atoms with E-state index in [1.807, 2.05) is 6.07 Å². The molecule has 2 heterocycles. The van der Waals surface area contributed by atoms with Crippen molar-refractivity contribution in [3.8, 4) is 16.9 Å². The van der Waals surface area contributed by atoms with E-state index < -0.39 is 11.7 Å². The Bertz CT molecular complexity index is 1220. The van der Waals surface area contributed by atoms with Crippen LogP contribution in [0.1, 0.15) is 10.4 Å². The van der Waals surface area contributed by atoms with Gasteiger partial charge in [0.25, 0.3) is 11.5 Å². The molecule has 0 bridgehead atoms. The van der Waals surface area contributed by atoms with Gasteiger partial charge >= 0.3 is 0 Å². The van der Waals surface area contributed by atoms with Crippen molar-refractivity contribution in [1.29, 1.82) is 0 Å². The summed E-state index contributed by atoms with van der Waals surface area (Å²) in [6.07, 6.45) is 3.26. The normalized spacial score (nSPS) is 11.0. The number of ether oxygens (including phenoxy) is 1. The van der Waals surface area contributed by atoms with Crippen molar-refractivity contribution in [3.63, 3.8) is 0 Å². The minimum Gasteiger partial charge on any atom is -0.383 e. The van der Waals surface area contributed by atoms with Crippen molar-refractivity contribution < 1.29 is 13.9 Å². The summed E-state index contributed by atoms with van der Waals surface area (Å²) in [5.41, 5.74) is 1.36. The number of hydrogen-bond acceptors (Lipinski definition) is 4. The lowest BCUT2D eigenvalue weighted by molar-refractivity contribution is 0.102. The van der Waals surface area contributed by atoms with Crippen molar-refractivity contribution in [2.24, 2.45) is 0 Å². The number of fused-ring (bicyclic) bond motifs is 1. The Morgan fingerprint density at radius 1 is 1.13 bits per heavy atom. The van der Waals surface area contributed by atoms with E-state index >= 15 is 0 Å². The Morgan fingerprint density at radius 3 is 2.67 bits per heavy atom. The van der Waals surface area contributed by atoms with Crippen molar-refractivity contribution >= 4 is 11.6 Å². The Morgan fingerprint density at radius 2 is 1.93 bits per heavy atom. The molecule has 2 aromatic carbocycles. The number of benzene rings is 2. The Kier molecular flexibility index (Phi) is 5.40. The largest absolute Gasteiger partial charge is 0.383 e. The minimum absolute atomic E-state index is 0.208. The quantitative estimate of drug-likeness (QED) is 0.534. The van der Waals surface area contributed by atoms with Gasteiger partial charge in [-0.15, -0.1) is 0 Å². The van der Waals surface area contributed by atoms with Gasteiger partial charge in [0.05, 0.1) is 23.4 Å². The summed E-state index contributed by atoms with van der Waals surface area (Å²) < 4.78 is 21.6. The SMILES string of the molecule is COCCn1cc(C(=O)Nc2cccc(F)c2)c2nn(-c3ccccc3)c(=O)c-2c1. The lowest BCUT2D eigenvalue weighted by atomic mass is 10.1. The average molecular weight is 406 g/mol. The molecule has 0 saturated carbocycles. The van der Waals surface area contributed by atoms with Crippen LogP contribution in [0.15, 0.2) is 71.8 Å². The van der Waals surface area contributed by atoms with Gasteiger partial charge < -0.3 is 14.6 Å². The molecule has 0 aromatic heterocycles. The molecule has 0 spiro atoms. The number of para-hydroxylation sites is 1.